The van der Waals surface area contributed by atoms with Gasteiger partial charge in [0.1, 0.15) is 5.56 Å². The number of amides is 1. The van der Waals surface area contributed by atoms with Crippen LogP contribution in [0.1, 0.15) is 16.8 Å². The summed E-state index contributed by atoms with van der Waals surface area (Å²) in [5, 5.41) is 16.7. The van der Waals surface area contributed by atoms with E-state index in [4.69, 9.17) is 0 Å². The fourth-order valence-electron chi connectivity index (χ4n) is 1.94. The first-order valence-electron chi connectivity index (χ1n) is 5.96. The lowest BCUT2D eigenvalue weighted by Gasteiger charge is -2.12. The first kappa shape index (κ1) is 13.7. The molecule has 102 valence electrons. The molecular formula is C12H15N3O3S. The minimum absolute atomic E-state index is 0.105. The Morgan fingerprint density at radius 2 is 2.32 bits per heavy atom. The molecule has 19 heavy (non-hydrogen) atoms. The highest BCUT2D eigenvalue weighted by atomic mass is 32.2. The highest BCUT2D eigenvalue weighted by molar-refractivity contribution is 7.99. The van der Waals surface area contributed by atoms with Gasteiger partial charge in [0.15, 0.2) is 0 Å². The molecule has 1 heterocycles. The van der Waals surface area contributed by atoms with Gasteiger partial charge in [0, 0.05) is 30.6 Å². The minimum atomic E-state index is -0.530. The molecule has 1 aromatic rings. The van der Waals surface area contributed by atoms with E-state index in [1.165, 1.54) is 12.1 Å². The van der Waals surface area contributed by atoms with Crippen molar-refractivity contribution in [1.29, 1.82) is 0 Å². The first-order valence-corrected chi connectivity index (χ1v) is 7.12. The predicted octanol–water partition coefficient (Wildman–Crippen LogP) is 1.87. The molecule has 0 bridgehead atoms. The molecule has 7 heteroatoms. The lowest BCUT2D eigenvalue weighted by atomic mass is 10.1. The van der Waals surface area contributed by atoms with Crippen LogP contribution in [0.15, 0.2) is 18.2 Å². The molecule has 1 amide bonds. The third kappa shape index (κ3) is 3.17. The van der Waals surface area contributed by atoms with Gasteiger partial charge in [-0.25, -0.2) is 0 Å². The highest BCUT2D eigenvalue weighted by Gasteiger charge is 2.24. The number of carbonyl (C=O) groups excluding carboxylic acids is 1. The minimum Gasteiger partial charge on any atom is -0.388 e. The number of anilines is 1. The Balaban J connectivity index is 2.24. The molecular weight excluding hydrogens is 266 g/mol. The van der Waals surface area contributed by atoms with E-state index in [9.17, 15) is 14.9 Å². The van der Waals surface area contributed by atoms with Gasteiger partial charge in [0.2, 0.25) is 0 Å². The molecule has 1 atom stereocenters. The van der Waals surface area contributed by atoms with Crippen molar-refractivity contribution >= 4 is 29.0 Å². The fourth-order valence-corrected chi connectivity index (χ4v) is 3.10. The summed E-state index contributed by atoms with van der Waals surface area (Å²) in [6.07, 6.45) is 0.913. The molecule has 0 aromatic heterocycles. The van der Waals surface area contributed by atoms with Crippen molar-refractivity contribution in [3.63, 3.8) is 0 Å². The zero-order valence-corrected chi connectivity index (χ0v) is 11.3. The van der Waals surface area contributed by atoms with Crippen LogP contribution < -0.4 is 10.6 Å². The standard InChI is InChI=1S/C12H15N3O3S/c1-13-8-2-3-11(15(17)18)10(6-8)12(16)14-9-4-5-19-7-9/h2-3,6,9,13H,4-5,7H2,1H3,(H,14,16). The fraction of sp³-hybridized carbons (Fsp3) is 0.417. The number of hydrogen-bond acceptors (Lipinski definition) is 5. The van der Waals surface area contributed by atoms with Gasteiger partial charge in [-0.1, -0.05) is 0 Å². The second-order valence-corrected chi connectivity index (χ2v) is 5.42. The van der Waals surface area contributed by atoms with Crippen LogP contribution in [0, 0.1) is 10.1 Å². The number of benzene rings is 1. The van der Waals surface area contributed by atoms with Crippen molar-refractivity contribution in [2.75, 3.05) is 23.9 Å². The molecule has 1 aliphatic heterocycles. The zero-order valence-electron chi connectivity index (χ0n) is 10.5. The summed E-state index contributed by atoms with van der Waals surface area (Å²) >= 11 is 1.78. The van der Waals surface area contributed by atoms with Gasteiger partial charge in [-0.2, -0.15) is 11.8 Å². The normalized spacial score (nSPS) is 18.1. The Kier molecular flexibility index (Phi) is 4.26. The largest absolute Gasteiger partial charge is 0.388 e. The van der Waals surface area contributed by atoms with E-state index in [0.29, 0.717) is 5.69 Å². The monoisotopic (exact) mass is 281 g/mol. The lowest BCUT2D eigenvalue weighted by Crippen LogP contribution is -2.34. The Morgan fingerprint density at radius 3 is 2.89 bits per heavy atom. The van der Waals surface area contributed by atoms with Crippen LogP contribution in [-0.4, -0.2) is 35.4 Å². The summed E-state index contributed by atoms with van der Waals surface area (Å²) in [7, 11) is 1.70. The molecule has 6 nitrogen and oxygen atoms in total. The molecule has 0 saturated carbocycles. The van der Waals surface area contributed by atoms with Crippen molar-refractivity contribution < 1.29 is 9.72 Å². The van der Waals surface area contributed by atoms with Crippen LogP contribution >= 0.6 is 11.8 Å². The molecule has 0 radical (unpaired) electrons. The third-order valence-corrected chi connectivity index (χ3v) is 4.15. The zero-order chi connectivity index (χ0) is 13.8. The SMILES string of the molecule is CNc1ccc([N+](=O)[O-])c(C(=O)NC2CCSC2)c1. The van der Waals surface area contributed by atoms with Crippen LogP contribution in [0.2, 0.25) is 0 Å². The predicted molar refractivity (Wildman–Crippen MR) is 75.8 cm³/mol. The molecule has 1 aromatic carbocycles. The van der Waals surface area contributed by atoms with E-state index in [1.54, 1.807) is 24.9 Å². The number of hydrogen-bond donors (Lipinski definition) is 2. The number of nitrogens with one attached hydrogen (secondary N) is 2. The van der Waals surface area contributed by atoms with Crippen LogP contribution in [0.25, 0.3) is 0 Å². The van der Waals surface area contributed by atoms with Crippen molar-refractivity contribution in [2.24, 2.45) is 0 Å². The van der Waals surface area contributed by atoms with Gasteiger partial charge in [-0.05, 0) is 24.3 Å². The van der Waals surface area contributed by atoms with Crippen LogP contribution in [0.3, 0.4) is 0 Å². The summed E-state index contributed by atoms with van der Waals surface area (Å²) in [5.74, 6) is 1.51. The van der Waals surface area contributed by atoms with Gasteiger partial charge in [-0.15, -0.1) is 0 Å². The topological polar surface area (TPSA) is 84.3 Å². The number of nitro groups is 1. The van der Waals surface area contributed by atoms with E-state index in [-0.39, 0.29) is 23.2 Å². The summed E-state index contributed by atoms with van der Waals surface area (Å²) in [6.45, 7) is 0. The van der Waals surface area contributed by atoms with E-state index in [0.717, 1.165) is 17.9 Å². The summed E-state index contributed by atoms with van der Waals surface area (Å²) in [6, 6.07) is 4.55. The van der Waals surface area contributed by atoms with E-state index in [2.05, 4.69) is 10.6 Å². The summed E-state index contributed by atoms with van der Waals surface area (Å²) in [5.41, 5.74) is 0.618. The van der Waals surface area contributed by atoms with Crippen LogP contribution in [0.4, 0.5) is 11.4 Å². The molecule has 1 aliphatic rings. The second-order valence-electron chi connectivity index (χ2n) is 4.27. The van der Waals surface area contributed by atoms with Gasteiger partial charge in [0.05, 0.1) is 4.92 Å². The number of nitro benzene ring substituents is 1. The molecule has 1 fully saturated rings. The average Bonchev–Trinajstić information content (AvgIpc) is 2.90. The van der Waals surface area contributed by atoms with E-state index in [1.807, 2.05) is 0 Å². The molecule has 2 N–H and O–H groups in total. The third-order valence-electron chi connectivity index (χ3n) is 2.99. The second kappa shape index (κ2) is 5.92. The molecule has 0 spiro atoms. The van der Waals surface area contributed by atoms with Crippen molar-refractivity contribution in [1.82, 2.24) is 5.32 Å². The maximum absolute atomic E-state index is 12.1. The first-order chi connectivity index (χ1) is 9.11. The van der Waals surface area contributed by atoms with Gasteiger partial charge in [0.25, 0.3) is 11.6 Å². The van der Waals surface area contributed by atoms with Gasteiger partial charge >= 0.3 is 0 Å². The molecule has 1 unspecified atom stereocenters. The number of rotatable bonds is 4. The Labute approximate surface area is 115 Å². The average molecular weight is 281 g/mol. The molecule has 0 aliphatic carbocycles. The number of carbonyl (C=O) groups is 1. The lowest BCUT2D eigenvalue weighted by molar-refractivity contribution is -0.385. The molecule has 1 saturated heterocycles. The number of thioether (sulfide) groups is 1. The van der Waals surface area contributed by atoms with Crippen molar-refractivity contribution in [3.8, 4) is 0 Å². The molecule has 2 rings (SSSR count). The van der Waals surface area contributed by atoms with Gasteiger partial charge in [-0.3, -0.25) is 14.9 Å². The van der Waals surface area contributed by atoms with Gasteiger partial charge < -0.3 is 10.6 Å². The maximum atomic E-state index is 12.1. The highest BCUT2D eigenvalue weighted by Crippen LogP contribution is 2.24. The summed E-state index contributed by atoms with van der Waals surface area (Å²) < 4.78 is 0. The maximum Gasteiger partial charge on any atom is 0.282 e. The number of nitrogens with zero attached hydrogens (tertiary/aromatic N) is 1. The van der Waals surface area contributed by atoms with E-state index < -0.39 is 4.92 Å². The Morgan fingerprint density at radius 1 is 1.53 bits per heavy atom. The van der Waals surface area contributed by atoms with Crippen molar-refractivity contribution in [3.05, 3.63) is 33.9 Å². The Bertz CT molecular complexity index is 501. The summed E-state index contributed by atoms with van der Waals surface area (Å²) in [4.78, 5) is 22.6. The van der Waals surface area contributed by atoms with Crippen LogP contribution in [-0.2, 0) is 0 Å². The van der Waals surface area contributed by atoms with Crippen molar-refractivity contribution in [2.45, 2.75) is 12.5 Å². The van der Waals surface area contributed by atoms with Crippen LogP contribution in [0.5, 0.6) is 0 Å². The van der Waals surface area contributed by atoms with E-state index >= 15 is 0 Å². The quantitative estimate of drug-likeness (QED) is 0.650. The Hall–Kier alpha value is -1.76. The smallest absolute Gasteiger partial charge is 0.282 e.